The molecule has 36 heavy (non-hydrogen) atoms. The van der Waals surface area contributed by atoms with E-state index in [1.54, 1.807) is 0 Å². The Kier molecular flexibility index (Phi) is 10.00. The molecule has 1 fully saturated rings. The largest absolute Gasteiger partial charge is 0.394 e. The lowest BCUT2D eigenvalue weighted by atomic mass is 10.0. The molecule has 1 saturated heterocycles. The average molecular weight is 495 g/mol. The van der Waals surface area contributed by atoms with E-state index >= 15 is 0 Å². The number of benzene rings is 2. The molecule has 2 aromatic carbocycles. The zero-order valence-corrected chi connectivity index (χ0v) is 20.5. The van der Waals surface area contributed by atoms with Gasteiger partial charge in [0.1, 0.15) is 18.1 Å². The zero-order valence-electron chi connectivity index (χ0n) is 20.5. The zero-order chi connectivity index (χ0) is 25.9. The fourth-order valence-corrected chi connectivity index (χ4v) is 4.36. The molecule has 9 nitrogen and oxygen atoms in total. The van der Waals surface area contributed by atoms with Crippen LogP contribution in [0.25, 0.3) is 0 Å². The highest BCUT2D eigenvalue weighted by Gasteiger charge is 2.38. The maximum atomic E-state index is 13.2. The standard InChI is InChI=1S/C27H34N4O5/c1-28-25(34)21(17-20-11-6-3-7-12-20)30-26(35)23-13-8-16-31(23)27(36)22(18-32)29-24(33)15-14-19-9-4-2-5-10-19/h2-7,9-12,21-23,32H,8,13-18H2,1H3,(H,28,34)(H,29,33)(H,30,35)/t21-,22-,23-/m0/s1. The van der Waals surface area contributed by atoms with Gasteiger partial charge in [0, 0.05) is 26.4 Å². The van der Waals surface area contributed by atoms with Gasteiger partial charge in [0.2, 0.25) is 23.6 Å². The summed E-state index contributed by atoms with van der Waals surface area (Å²) in [6, 6.07) is 16.1. The van der Waals surface area contributed by atoms with E-state index in [-0.39, 0.29) is 18.2 Å². The number of aliphatic hydroxyl groups excluding tert-OH is 1. The normalized spacial score (nSPS) is 16.6. The van der Waals surface area contributed by atoms with Crippen LogP contribution in [0.1, 0.15) is 30.4 Å². The van der Waals surface area contributed by atoms with Crippen molar-refractivity contribution in [3.8, 4) is 0 Å². The number of likely N-dealkylation sites (N-methyl/N-ethyl adjacent to an activating group) is 1. The number of carbonyl (C=O) groups excluding carboxylic acids is 4. The lowest BCUT2D eigenvalue weighted by molar-refractivity contribution is -0.142. The molecule has 4 amide bonds. The molecule has 0 unspecified atom stereocenters. The van der Waals surface area contributed by atoms with Crippen LogP contribution >= 0.6 is 0 Å². The first-order valence-corrected chi connectivity index (χ1v) is 12.2. The summed E-state index contributed by atoms with van der Waals surface area (Å²) in [5.41, 5.74) is 1.89. The number of nitrogens with zero attached hydrogens (tertiary/aromatic N) is 1. The Morgan fingerprint density at radius 2 is 1.58 bits per heavy atom. The Bertz CT molecular complexity index is 1030. The second kappa shape index (κ2) is 13.4. The van der Waals surface area contributed by atoms with Crippen LogP contribution in [-0.2, 0) is 32.0 Å². The minimum Gasteiger partial charge on any atom is -0.394 e. The van der Waals surface area contributed by atoms with E-state index in [0.717, 1.165) is 11.1 Å². The number of amides is 4. The molecule has 2 aromatic rings. The molecule has 0 saturated carbocycles. The van der Waals surface area contributed by atoms with Gasteiger partial charge in [-0.15, -0.1) is 0 Å². The average Bonchev–Trinajstić information content (AvgIpc) is 3.41. The molecule has 1 heterocycles. The van der Waals surface area contributed by atoms with E-state index in [1.165, 1.54) is 11.9 Å². The molecular formula is C27H34N4O5. The summed E-state index contributed by atoms with van der Waals surface area (Å²) in [5, 5.41) is 17.8. The van der Waals surface area contributed by atoms with Gasteiger partial charge < -0.3 is 26.0 Å². The lowest BCUT2D eigenvalue weighted by Gasteiger charge is -2.29. The Morgan fingerprint density at radius 3 is 2.19 bits per heavy atom. The Balaban J connectivity index is 1.60. The number of rotatable bonds is 11. The smallest absolute Gasteiger partial charge is 0.248 e. The van der Waals surface area contributed by atoms with Crippen molar-refractivity contribution in [3.63, 3.8) is 0 Å². The fourth-order valence-electron chi connectivity index (χ4n) is 4.36. The van der Waals surface area contributed by atoms with Gasteiger partial charge in [0.25, 0.3) is 0 Å². The number of hydrogen-bond donors (Lipinski definition) is 4. The van der Waals surface area contributed by atoms with Gasteiger partial charge in [-0.05, 0) is 30.4 Å². The molecular weight excluding hydrogens is 460 g/mol. The van der Waals surface area contributed by atoms with Gasteiger partial charge in [-0.3, -0.25) is 19.2 Å². The number of aryl methyl sites for hydroxylation is 1. The van der Waals surface area contributed by atoms with Crippen molar-refractivity contribution in [3.05, 3.63) is 71.8 Å². The Labute approximate surface area is 211 Å². The summed E-state index contributed by atoms with van der Waals surface area (Å²) < 4.78 is 0. The molecule has 3 rings (SSSR count). The molecule has 4 N–H and O–H groups in total. The van der Waals surface area contributed by atoms with E-state index in [1.807, 2.05) is 60.7 Å². The van der Waals surface area contributed by atoms with Crippen LogP contribution in [0.5, 0.6) is 0 Å². The molecule has 3 atom stereocenters. The van der Waals surface area contributed by atoms with Gasteiger partial charge >= 0.3 is 0 Å². The first-order chi connectivity index (χ1) is 17.4. The summed E-state index contributed by atoms with van der Waals surface area (Å²) in [6.45, 7) is -0.244. The van der Waals surface area contributed by atoms with Crippen molar-refractivity contribution >= 4 is 23.6 Å². The first kappa shape index (κ1) is 26.9. The van der Waals surface area contributed by atoms with Crippen LogP contribution < -0.4 is 16.0 Å². The van der Waals surface area contributed by atoms with E-state index in [0.29, 0.717) is 32.2 Å². The van der Waals surface area contributed by atoms with Crippen molar-refractivity contribution in [2.24, 2.45) is 0 Å². The van der Waals surface area contributed by atoms with E-state index in [2.05, 4.69) is 16.0 Å². The highest BCUT2D eigenvalue weighted by atomic mass is 16.3. The summed E-state index contributed by atoms with van der Waals surface area (Å²) in [7, 11) is 1.50. The van der Waals surface area contributed by atoms with Crippen molar-refractivity contribution in [2.75, 3.05) is 20.2 Å². The van der Waals surface area contributed by atoms with Gasteiger partial charge in [-0.2, -0.15) is 0 Å². The number of nitrogens with one attached hydrogen (secondary N) is 3. The molecule has 0 aromatic heterocycles. The molecule has 0 aliphatic carbocycles. The lowest BCUT2D eigenvalue weighted by Crippen LogP contribution is -2.57. The summed E-state index contributed by atoms with van der Waals surface area (Å²) >= 11 is 0. The molecule has 1 aliphatic heterocycles. The predicted octanol–water partition coefficient (Wildman–Crippen LogP) is 0.561. The molecule has 1 aliphatic rings. The quantitative estimate of drug-likeness (QED) is 0.363. The third-order valence-corrected chi connectivity index (χ3v) is 6.30. The van der Waals surface area contributed by atoms with E-state index < -0.39 is 36.5 Å². The summed E-state index contributed by atoms with van der Waals surface area (Å²) in [6.07, 6.45) is 2.03. The Hall–Kier alpha value is -3.72. The highest BCUT2D eigenvalue weighted by Crippen LogP contribution is 2.19. The van der Waals surface area contributed by atoms with E-state index in [9.17, 15) is 24.3 Å². The molecule has 9 heteroatoms. The minimum absolute atomic E-state index is 0.172. The van der Waals surface area contributed by atoms with Gasteiger partial charge in [-0.1, -0.05) is 60.7 Å². The number of carbonyl (C=O) groups is 4. The number of hydrogen-bond acceptors (Lipinski definition) is 5. The second-order valence-corrected chi connectivity index (χ2v) is 8.84. The monoisotopic (exact) mass is 494 g/mol. The van der Waals surface area contributed by atoms with Crippen LogP contribution in [0, 0.1) is 0 Å². The van der Waals surface area contributed by atoms with Crippen LogP contribution in [0.15, 0.2) is 60.7 Å². The summed E-state index contributed by atoms with van der Waals surface area (Å²) in [5.74, 6) is -1.63. The third kappa shape index (κ3) is 7.39. The number of likely N-dealkylation sites (tertiary alicyclic amines) is 1. The van der Waals surface area contributed by atoms with Crippen LogP contribution in [0.4, 0.5) is 0 Å². The van der Waals surface area contributed by atoms with Crippen molar-refractivity contribution in [2.45, 2.75) is 50.2 Å². The van der Waals surface area contributed by atoms with Crippen molar-refractivity contribution in [1.29, 1.82) is 0 Å². The Morgan fingerprint density at radius 1 is 0.944 bits per heavy atom. The van der Waals surface area contributed by atoms with E-state index in [4.69, 9.17) is 0 Å². The maximum Gasteiger partial charge on any atom is 0.248 e. The fraction of sp³-hybridized carbons (Fsp3) is 0.407. The van der Waals surface area contributed by atoms with Gasteiger partial charge in [-0.25, -0.2) is 0 Å². The van der Waals surface area contributed by atoms with Crippen molar-refractivity contribution < 1.29 is 24.3 Å². The predicted molar refractivity (Wildman–Crippen MR) is 135 cm³/mol. The number of aliphatic hydroxyl groups is 1. The first-order valence-electron chi connectivity index (χ1n) is 12.2. The van der Waals surface area contributed by atoms with Crippen molar-refractivity contribution in [1.82, 2.24) is 20.9 Å². The highest BCUT2D eigenvalue weighted by molar-refractivity contribution is 5.94. The third-order valence-electron chi connectivity index (χ3n) is 6.30. The SMILES string of the molecule is CNC(=O)[C@H](Cc1ccccc1)NC(=O)[C@@H]1CCCN1C(=O)[C@H](CO)NC(=O)CCc1ccccc1. The minimum atomic E-state index is -1.14. The molecule has 192 valence electrons. The maximum absolute atomic E-state index is 13.2. The molecule has 0 bridgehead atoms. The topological polar surface area (TPSA) is 128 Å². The van der Waals surface area contributed by atoms with Gasteiger partial charge in [0.15, 0.2) is 0 Å². The molecule has 0 spiro atoms. The molecule has 0 radical (unpaired) electrons. The summed E-state index contributed by atoms with van der Waals surface area (Å²) in [4.78, 5) is 52.6. The van der Waals surface area contributed by atoms with Crippen LogP contribution in [0.3, 0.4) is 0 Å². The van der Waals surface area contributed by atoms with Crippen LogP contribution in [-0.4, -0.2) is 72.0 Å². The second-order valence-electron chi connectivity index (χ2n) is 8.84. The van der Waals surface area contributed by atoms with Crippen LogP contribution in [0.2, 0.25) is 0 Å². The van der Waals surface area contributed by atoms with Gasteiger partial charge in [0.05, 0.1) is 6.61 Å².